The Morgan fingerprint density at radius 2 is 1.84 bits per heavy atom. The molecule has 0 spiro atoms. The summed E-state index contributed by atoms with van der Waals surface area (Å²) in [6, 6.07) is 12.0. The molecule has 3 N–H and O–H groups in total. The summed E-state index contributed by atoms with van der Waals surface area (Å²) in [4.78, 5) is 27.9. The third kappa shape index (κ3) is 3.95. The molecule has 3 aromatic rings. The smallest absolute Gasteiger partial charge is 0.314 e. The van der Waals surface area contributed by atoms with E-state index in [1.165, 1.54) is 0 Å². The number of hydrogen-bond acceptors (Lipinski definition) is 5. The number of nitrogens with one attached hydrogen (secondary N) is 1. The van der Waals surface area contributed by atoms with E-state index >= 15 is 0 Å². The number of primary amides is 1. The minimum atomic E-state index is -0.392. The summed E-state index contributed by atoms with van der Waals surface area (Å²) in [5.74, 6) is 0.776. The lowest BCUT2D eigenvalue weighted by molar-refractivity contribution is 0.0951. The van der Waals surface area contributed by atoms with Gasteiger partial charge in [-0.2, -0.15) is 5.10 Å². The van der Waals surface area contributed by atoms with Crippen molar-refractivity contribution in [3.63, 3.8) is 0 Å². The molecule has 1 saturated carbocycles. The van der Waals surface area contributed by atoms with Crippen molar-refractivity contribution in [2.75, 3.05) is 31.1 Å². The van der Waals surface area contributed by atoms with E-state index in [0.717, 1.165) is 46.1 Å². The van der Waals surface area contributed by atoms with Gasteiger partial charge >= 0.3 is 6.03 Å². The van der Waals surface area contributed by atoms with Gasteiger partial charge in [0.15, 0.2) is 5.82 Å². The summed E-state index contributed by atoms with van der Waals surface area (Å²) in [7, 11) is 0. The van der Waals surface area contributed by atoms with Gasteiger partial charge in [-0.25, -0.2) is 4.79 Å². The van der Waals surface area contributed by atoms with E-state index in [-0.39, 0.29) is 5.91 Å². The van der Waals surface area contributed by atoms with E-state index in [1.807, 2.05) is 31.2 Å². The van der Waals surface area contributed by atoms with Gasteiger partial charge in [-0.15, -0.1) is 5.10 Å². The molecule has 5 rings (SSSR count). The molecule has 1 aliphatic carbocycles. The lowest BCUT2D eigenvalue weighted by atomic mass is 9.96. The van der Waals surface area contributed by atoms with Crippen molar-refractivity contribution >= 4 is 28.5 Å². The number of carbonyl (C=O) groups is 2. The van der Waals surface area contributed by atoms with E-state index < -0.39 is 6.03 Å². The summed E-state index contributed by atoms with van der Waals surface area (Å²) in [6.07, 6.45) is 3.89. The summed E-state index contributed by atoms with van der Waals surface area (Å²) in [5.41, 5.74) is 9.11. The number of anilines is 1. The van der Waals surface area contributed by atoms with Gasteiger partial charge in [0.1, 0.15) is 0 Å². The van der Waals surface area contributed by atoms with Crippen LogP contribution in [0.3, 0.4) is 0 Å². The zero-order valence-electron chi connectivity index (χ0n) is 18.0. The highest BCUT2D eigenvalue weighted by Crippen LogP contribution is 2.33. The van der Waals surface area contributed by atoms with Gasteiger partial charge in [0, 0.05) is 48.6 Å². The molecule has 0 atom stereocenters. The molecule has 8 nitrogen and oxygen atoms in total. The van der Waals surface area contributed by atoms with Crippen LogP contribution in [0.15, 0.2) is 42.6 Å². The maximum Gasteiger partial charge on any atom is 0.314 e. The summed E-state index contributed by atoms with van der Waals surface area (Å²) in [6.45, 7) is 4.43. The molecular weight excluding hydrogens is 404 g/mol. The highest BCUT2D eigenvalue weighted by molar-refractivity contribution is 6.03. The van der Waals surface area contributed by atoms with Crippen molar-refractivity contribution in [3.05, 3.63) is 53.7 Å². The number of piperazine rings is 1. The number of nitrogens with two attached hydrogens (primary N) is 1. The minimum absolute atomic E-state index is 0.0227. The SMILES string of the molecule is Cc1cc(C(=O)NC2CC2)cc(-c2cccc3c(N4CCN(C(N)=O)CC4)nncc23)c1. The Labute approximate surface area is 186 Å². The topological polar surface area (TPSA) is 104 Å². The van der Waals surface area contributed by atoms with Crippen LogP contribution in [-0.2, 0) is 0 Å². The first-order valence-electron chi connectivity index (χ1n) is 11.0. The fourth-order valence-electron chi connectivity index (χ4n) is 4.28. The van der Waals surface area contributed by atoms with Gasteiger partial charge < -0.3 is 20.9 Å². The normalized spacial score (nSPS) is 16.3. The molecule has 8 heteroatoms. The second kappa shape index (κ2) is 8.11. The van der Waals surface area contributed by atoms with Crippen LogP contribution in [0, 0.1) is 6.92 Å². The van der Waals surface area contributed by atoms with Crippen molar-refractivity contribution in [2.24, 2.45) is 5.73 Å². The van der Waals surface area contributed by atoms with Crippen molar-refractivity contribution in [1.29, 1.82) is 0 Å². The van der Waals surface area contributed by atoms with Gasteiger partial charge in [0.25, 0.3) is 5.91 Å². The number of carbonyl (C=O) groups excluding carboxylic acids is 2. The van der Waals surface area contributed by atoms with Gasteiger partial charge in [-0.05, 0) is 48.6 Å². The first-order chi connectivity index (χ1) is 15.5. The number of rotatable bonds is 4. The number of urea groups is 1. The van der Waals surface area contributed by atoms with Crippen molar-refractivity contribution in [2.45, 2.75) is 25.8 Å². The molecule has 164 valence electrons. The number of benzene rings is 2. The fraction of sp³-hybridized carbons (Fsp3) is 0.333. The van der Waals surface area contributed by atoms with Gasteiger partial charge in [0.2, 0.25) is 0 Å². The van der Waals surface area contributed by atoms with Crippen LogP contribution in [0.25, 0.3) is 21.9 Å². The van der Waals surface area contributed by atoms with Crippen LogP contribution in [0.1, 0.15) is 28.8 Å². The largest absolute Gasteiger partial charge is 0.351 e. The Morgan fingerprint density at radius 1 is 1.06 bits per heavy atom. The van der Waals surface area contributed by atoms with Crippen molar-refractivity contribution < 1.29 is 9.59 Å². The lowest BCUT2D eigenvalue weighted by Crippen LogP contribution is -2.50. The van der Waals surface area contributed by atoms with E-state index in [2.05, 4.69) is 32.5 Å². The predicted molar refractivity (Wildman–Crippen MR) is 124 cm³/mol. The number of aromatic nitrogens is 2. The third-order valence-corrected chi connectivity index (χ3v) is 6.14. The van der Waals surface area contributed by atoms with Crippen LogP contribution in [0.4, 0.5) is 10.6 Å². The molecule has 1 aromatic heterocycles. The second-order valence-electron chi connectivity index (χ2n) is 8.58. The fourth-order valence-corrected chi connectivity index (χ4v) is 4.28. The molecule has 1 aliphatic heterocycles. The predicted octanol–water partition coefficient (Wildman–Crippen LogP) is 2.70. The maximum absolute atomic E-state index is 12.7. The zero-order valence-corrected chi connectivity index (χ0v) is 18.0. The van der Waals surface area contributed by atoms with Gasteiger partial charge in [-0.3, -0.25) is 4.79 Å². The molecule has 2 fully saturated rings. The van der Waals surface area contributed by atoms with Crippen LogP contribution in [-0.4, -0.2) is 59.3 Å². The molecule has 3 amide bonds. The van der Waals surface area contributed by atoms with Crippen LogP contribution in [0.5, 0.6) is 0 Å². The zero-order chi connectivity index (χ0) is 22.2. The Balaban J connectivity index is 1.51. The standard InChI is InChI=1S/C24H26N6O2/c1-15-11-16(13-17(12-15)23(31)27-18-5-6-18)19-3-2-4-20-21(19)14-26-28-22(20)29-7-9-30(10-8-29)24(25)32/h2-4,11-14,18H,5-10H2,1H3,(H2,25,32)(H,27,31). The summed E-state index contributed by atoms with van der Waals surface area (Å²) in [5, 5.41) is 13.7. The second-order valence-corrected chi connectivity index (χ2v) is 8.58. The van der Waals surface area contributed by atoms with Crippen LogP contribution < -0.4 is 16.0 Å². The van der Waals surface area contributed by atoms with E-state index in [4.69, 9.17) is 5.73 Å². The molecule has 32 heavy (non-hydrogen) atoms. The molecule has 2 aromatic carbocycles. The number of amides is 3. The Morgan fingerprint density at radius 3 is 2.56 bits per heavy atom. The molecule has 2 aliphatic rings. The summed E-state index contributed by atoms with van der Waals surface area (Å²) < 4.78 is 0. The molecular formula is C24H26N6O2. The van der Waals surface area contributed by atoms with Gasteiger partial charge in [0.05, 0.1) is 6.20 Å². The maximum atomic E-state index is 12.7. The van der Waals surface area contributed by atoms with Crippen LogP contribution >= 0.6 is 0 Å². The Bertz CT molecular complexity index is 1200. The molecule has 0 bridgehead atoms. The van der Waals surface area contributed by atoms with Crippen molar-refractivity contribution in [1.82, 2.24) is 20.4 Å². The number of nitrogens with zero attached hydrogens (tertiary/aromatic N) is 4. The van der Waals surface area contributed by atoms with Crippen molar-refractivity contribution in [3.8, 4) is 11.1 Å². The monoisotopic (exact) mass is 430 g/mol. The number of fused-ring (bicyclic) bond motifs is 1. The lowest BCUT2D eigenvalue weighted by Gasteiger charge is -2.34. The van der Waals surface area contributed by atoms with E-state index in [1.54, 1.807) is 11.1 Å². The number of hydrogen-bond donors (Lipinski definition) is 2. The van der Waals surface area contributed by atoms with E-state index in [9.17, 15) is 9.59 Å². The molecule has 2 heterocycles. The first kappa shape index (κ1) is 20.2. The third-order valence-electron chi connectivity index (χ3n) is 6.14. The molecule has 1 saturated heterocycles. The first-order valence-corrected chi connectivity index (χ1v) is 11.0. The molecule has 0 unspecified atom stereocenters. The van der Waals surface area contributed by atoms with E-state index in [0.29, 0.717) is 37.8 Å². The highest BCUT2D eigenvalue weighted by Gasteiger charge is 2.25. The summed E-state index contributed by atoms with van der Waals surface area (Å²) >= 11 is 0. The minimum Gasteiger partial charge on any atom is -0.351 e. The average Bonchev–Trinajstić information content (AvgIpc) is 3.62. The Kier molecular flexibility index (Phi) is 5.13. The number of aryl methyl sites for hydroxylation is 1. The quantitative estimate of drug-likeness (QED) is 0.662. The highest BCUT2D eigenvalue weighted by atomic mass is 16.2. The Hall–Kier alpha value is -3.68. The molecule has 0 radical (unpaired) electrons. The average molecular weight is 431 g/mol. The van der Waals surface area contributed by atoms with Crippen LogP contribution in [0.2, 0.25) is 0 Å². The van der Waals surface area contributed by atoms with Gasteiger partial charge in [-0.1, -0.05) is 24.3 Å².